The van der Waals surface area contributed by atoms with Crippen LogP contribution in [0.25, 0.3) is 11.3 Å². The number of ether oxygens (including phenoxy) is 1. The van der Waals surface area contributed by atoms with Gasteiger partial charge in [-0.1, -0.05) is 0 Å². The second-order valence-corrected chi connectivity index (χ2v) is 4.80. The molecule has 106 valence electrons. The molecule has 0 unspecified atom stereocenters. The van der Waals surface area contributed by atoms with E-state index in [-0.39, 0.29) is 21.5 Å². The molecule has 2 aromatic rings. The third kappa shape index (κ3) is 2.22. The van der Waals surface area contributed by atoms with Gasteiger partial charge < -0.3 is 14.9 Å². The Hall–Kier alpha value is -2.09. The van der Waals surface area contributed by atoms with Crippen molar-refractivity contribution in [2.75, 3.05) is 7.11 Å². The highest BCUT2D eigenvalue weighted by molar-refractivity contribution is 9.10. The molecule has 0 bridgehead atoms. The van der Waals surface area contributed by atoms with Crippen molar-refractivity contribution in [1.29, 1.82) is 0 Å². The number of aryl methyl sites for hydroxylation is 1. The van der Waals surface area contributed by atoms with Gasteiger partial charge in [-0.25, -0.2) is 9.18 Å². The standard InChI is InChI=1S/C12H10BrFN2O4/c1-16-8(4-7(15-16)12(18)19)5-3-6(13)9(14)11(20-2)10(5)17/h3-4,17H,1-2H3,(H,18,19). The van der Waals surface area contributed by atoms with E-state index in [1.807, 2.05) is 0 Å². The Bertz CT molecular complexity index is 699. The molecule has 0 atom stereocenters. The fourth-order valence-corrected chi connectivity index (χ4v) is 2.21. The third-order valence-electron chi connectivity index (χ3n) is 2.73. The number of hydrogen-bond acceptors (Lipinski definition) is 4. The summed E-state index contributed by atoms with van der Waals surface area (Å²) >= 11 is 3.02. The molecule has 1 aromatic heterocycles. The van der Waals surface area contributed by atoms with E-state index >= 15 is 0 Å². The molecule has 6 nitrogen and oxygen atoms in total. The number of nitrogens with zero attached hydrogens (tertiary/aromatic N) is 2. The number of hydrogen-bond donors (Lipinski definition) is 2. The Morgan fingerprint density at radius 3 is 2.65 bits per heavy atom. The molecule has 0 saturated heterocycles. The number of carboxylic acids is 1. The Balaban J connectivity index is 2.70. The van der Waals surface area contributed by atoms with Crippen molar-refractivity contribution in [1.82, 2.24) is 9.78 Å². The maximum absolute atomic E-state index is 13.7. The van der Waals surface area contributed by atoms with Crippen LogP contribution in [-0.4, -0.2) is 33.1 Å². The number of phenols is 1. The minimum absolute atomic E-state index is 0.0835. The monoisotopic (exact) mass is 344 g/mol. The predicted octanol–water partition coefficient (Wildman–Crippen LogP) is 2.40. The summed E-state index contributed by atoms with van der Waals surface area (Å²) in [5.74, 6) is -2.69. The zero-order valence-electron chi connectivity index (χ0n) is 10.5. The molecule has 0 amide bonds. The van der Waals surface area contributed by atoms with E-state index in [9.17, 15) is 14.3 Å². The van der Waals surface area contributed by atoms with Crippen LogP contribution in [0.3, 0.4) is 0 Å². The summed E-state index contributed by atoms with van der Waals surface area (Å²) in [6.07, 6.45) is 0. The molecule has 0 aliphatic rings. The first-order valence-corrected chi connectivity index (χ1v) is 6.18. The zero-order chi connectivity index (χ0) is 15.0. The summed E-state index contributed by atoms with van der Waals surface area (Å²) in [6.45, 7) is 0. The average Bonchev–Trinajstić information content (AvgIpc) is 2.77. The van der Waals surface area contributed by atoms with E-state index in [0.29, 0.717) is 5.69 Å². The van der Waals surface area contributed by atoms with Crippen molar-refractivity contribution in [3.05, 3.63) is 28.1 Å². The molecule has 20 heavy (non-hydrogen) atoms. The van der Waals surface area contributed by atoms with Crippen LogP contribution in [0.2, 0.25) is 0 Å². The highest BCUT2D eigenvalue weighted by atomic mass is 79.9. The SMILES string of the molecule is COc1c(O)c(-c2cc(C(=O)O)nn2C)cc(Br)c1F. The zero-order valence-corrected chi connectivity index (χ0v) is 12.1. The quantitative estimate of drug-likeness (QED) is 0.892. The molecule has 8 heteroatoms. The molecule has 2 rings (SSSR count). The molecule has 0 aliphatic heterocycles. The summed E-state index contributed by atoms with van der Waals surface area (Å²) in [4.78, 5) is 10.9. The van der Waals surface area contributed by atoms with Gasteiger partial charge in [0.05, 0.1) is 17.3 Å². The van der Waals surface area contributed by atoms with Gasteiger partial charge in [0.15, 0.2) is 23.0 Å². The van der Waals surface area contributed by atoms with E-state index < -0.39 is 17.5 Å². The fraction of sp³-hybridized carbons (Fsp3) is 0.167. The third-order valence-corrected chi connectivity index (χ3v) is 3.31. The second-order valence-electron chi connectivity index (χ2n) is 3.95. The van der Waals surface area contributed by atoms with Crippen LogP contribution in [0, 0.1) is 5.82 Å². The topological polar surface area (TPSA) is 84.6 Å². The van der Waals surface area contributed by atoms with Crippen molar-refractivity contribution in [3.8, 4) is 22.8 Å². The Labute approximate surface area is 121 Å². The summed E-state index contributed by atoms with van der Waals surface area (Å²) in [5.41, 5.74) is 0.345. The van der Waals surface area contributed by atoms with E-state index in [2.05, 4.69) is 21.0 Å². The Morgan fingerprint density at radius 1 is 1.50 bits per heavy atom. The van der Waals surface area contributed by atoms with Crippen LogP contribution in [-0.2, 0) is 7.05 Å². The maximum atomic E-state index is 13.7. The largest absolute Gasteiger partial charge is 0.504 e. The van der Waals surface area contributed by atoms with E-state index in [1.54, 1.807) is 0 Å². The summed E-state index contributed by atoms with van der Waals surface area (Å²) in [7, 11) is 2.74. The lowest BCUT2D eigenvalue weighted by atomic mass is 10.1. The van der Waals surface area contributed by atoms with Crippen molar-refractivity contribution in [2.24, 2.45) is 7.05 Å². The van der Waals surface area contributed by atoms with E-state index in [1.165, 1.54) is 31.0 Å². The van der Waals surface area contributed by atoms with Crippen molar-refractivity contribution < 1.29 is 24.1 Å². The molecule has 1 heterocycles. The number of phenolic OH excluding ortho intramolecular Hbond substituents is 1. The Kier molecular flexibility index (Phi) is 3.67. The number of aromatic hydroxyl groups is 1. The van der Waals surface area contributed by atoms with Gasteiger partial charge in [0.1, 0.15) is 0 Å². The molecule has 0 spiro atoms. The van der Waals surface area contributed by atoms with Crippen LogP contribution in [0.5, 0.6) is 11.5 Å². The summed E-state index contributed by atoms with van der Waals surface area (Å²) in [6, 6.07) is 2.61. The number of carbonyl (C=O) groups is 1. The molecular weight excluding hydrogens is 335 g/mol. The van der Waals surface area contributed by atoms with Crippen molar-refractivity contribution >= 4 is 21.9 Å². The summed E-state index contributed by atoms with van der Waals surface area (Å²) in [5, 5.41) is 22.7. The second kappa shape index (κ2) is 5.12. The number of aromatic nitrogens is 2. The normalized spacial score (nSPS) is 10.6. The Morgan fingerprint density at radius 2 is 2.15 bits per heavy atom. The van der Waals surface area contributed by atoms with Crippen LogP contribution in [0.15, 0.2) is 16.6 Å². The first kappa shape index (κ1) is 14.3. The minimum Gasteiger partial charge on any atom is -0.504 e. The highest BCUT2D eigenvalue weighted by Gasteiger charge is 2.22. The molecule has 2 N–H and O–H groups in total. The first-order chi connectivity index (χ1) is 9.36. The van der Waals surface area contributed by atoms with Gasteiger partial charge in [0, 0.05) is 12.6 Å². The minimum atomic E-state index is -1.19. The van der Waals surface area contributed by atoms with E-state index in [4.69, 9.17) is 9.84 Å². The van der Waals surface area contributed by atoms with Crippen LogP contribution < -0.4 is 4.74 Å². The first-order valence-electron chi connectivity index (χ1n) is 5.39. The van der Waals surface area contributed by atoms with Crippen molar-refractivity contribution in [3.63, 3.8) is 0 Å². The molecule has 0 fully saturated rings. The number of methoxy groups -OCH3 is 1. The van der Waals surface area contributed by atoms with Gasteiger partial charge in [-0.2, -0.15) is 5.10 Å². The lowest BCUT2D eigenvalue weighted by Gasteiger charge is -2.11. The molecule has 1 aromatic carbocycles. The van der Waals surface area contributed by atoms with Gasteiger partial charge in [0.25, 0.3) is 0 Å². The number of halogens is 2. The predicted molar refractivity (Wildman–Crippen MR) is 71.5 cm³/mol. The van der Waals surface area contributed by atoms with Gasteiger partial charge in [0.2, 0.25) is 0 Å². The molecular formula is C12H10BrFN2O4. The lowest BCUT2D eigenvalue weighted by molar-refractivity contribution is 0.0689. The number of aromatic carboxylic acids is 1. The highest BCUT2D eigenvalue weighted by Crippen LogP contribution is 2.42. The van der Waals surface area contributed by atoms with Crippen LogP contribution in [0.1, 0.15) is 10.5 Å². The molecule has 0 saturated carbocycles. The molecule has 0 radical (unpaired) electrons. The average molecular weight is 345 g/mol. The lowest BCUT2D eigenvalue weighted by Crippen LogP contribution is -1.99. The smallest absolute Gasteiger partial charge is 0.356 e. The van der Waals surface area contributed by atoms with Gasteiger partial charge >= 0.3 is 5.97 Å². The van der Waals surface area contributed by atoms with Gasteiger partial charge in [-0.3, -0.25) is 4.68 Å². The van der Waals surface area contributed by atoms with E-state index in [0.717, 1.165) is 0 Å². The van der Waals surface area contributed by atoms with Crippen LogP contribution in [0.4, 0.5) is 4.39 Å². The van der Waals surface area contributed by atoms with Crippen LogP contribution >= 0.6 is 15.9 Å². The fourth-order valence-electron chi connectivity index (χ4n) is 1.80. The van der Waals surface area contributed by atoms with Gasteiger partial charge in [-0.15, -0.1) is 0 Å². The molecule has 0 aliphatic carbocycles. The number of rotatable bonds is 3. The summed E-state index contributed by atoms with van der Waals surface area (Å²) < 4.78 is 19.9. The maximum Gasteiger partial charge on any atom is 0.356 e. The van der Waals surface area contributed by atoms with Gasteiger partial charge in [-0.05, 0) is 28.1 Å². The number of benzene rings is 1. The number of carboxylic acid groups (broad SMARTS) is 1. The van der Waals surface area contributed by atoms with Crippen molar-refractivity contribution in [2.45, 2.75) is 0 Å².